The van der Waals surface area contributed by atoms with E-state index in [-0.39, 0.29) is 18.0 Å². The minimum atomic E-state index is -0.542. The van der Waals surface area contributed by atoms with Crippen LogP contribution in [0.4, 0.5) is 11.4 Å². The maximum absolute atomic E-state index is 12.7. The number of anilines is 2. The third-order valence-electron chi connectivity index (χ3n) is 7.47. The molecule has 2 N–H and O–H groups in total. The number of pyridine rings is 2. The quantitative estimate of drug-likeness (QED) is 0.262. The lowest BCUT2D eigenvalue weighted by molar-refractivity contribution is -0.123. The predicted molar refractivity (Wildman–Crippen MR) is 167 cm³/mol. The fourth-order valence-electron chi connectivity index (χ4n) is 5.32. The molecule has 4 aromatic rings. The van der Waals surface area contributed by atoms with Crippen molar-refractivity contribution in [1.82, 2.24) is 19.9 Å². The Balaban J connectivity index is 1.64. The standard InChI is InChI=1S/C32H36N6O2S/c1-19-11-10-16-34-29(19)37-20(2)17-23(21(37)3)28-27(25-12-8-9-15-33-25)36-31(41)38(28)22-13-14-24(26(18-22)40-7)35-30(39)32(4,5)6/h8-18,27-28H,1-7H3,(H,35,39)(H,36,41)/t27-,28+/m1/s1. The summed E-state index contributed by atoms with van der Waals surface area (Å²) in [6, 6.07) is 17.5. The van der Waals surface area contributed by atoms with Gasteiger partial charge in [0, 0.05) is 41.0 Å². The molecule has 0 unspecified atom stereocenters. The van der Waals surface area contributed by atoms with Gasteiger partial charge in [0.05, 0.1) is 30.6 Å². The molecule has 0 bridgehead atoms. The van der Waals surface area contributed by atoms with Crippen LogP contribution in [0.3, 0.4) is 0 Å². The van der Waals surface area contributed by atoms with Crippen molar-refractivity contribution in [2.24, 2.45) is 5.41 Å². The van der Waals surface area contributed by atoms with Gasteiger partial charge in [-0.25, -0.2) is 4.98 Å². The topological polar surface area (TPSA) is 84.3 Å². The van der Waals surface area contributed by atoms with Gasteiger partial charge in [0.1, 0.15) is 11.6 Å². The van der Waals surface area contributed by atoms with Crippen LogP contribution >= 0.6 is 12.2 Å². The maximum atomic E-state index is 12.7. The normalized spacial score (nSPS) is 17.0. The average molecular weight is 569 g/mol. The van der Waals surface area contributed by atoms with E-state index in [1.165, 1.54) is 0 Å². The number of hydrogen-bond acceptors (Lipinski definition) is 5. The maximum Gasteiger partial charge on any atom is 0.229 e. The Kier molecular flexibility index (Phi) is 7.57. The predicted octanol–water partition coefficient (Wildman–Crippen LogP) is 6.36. The Hall–Kier alpha value is -4.24. The van der Waals surface area contributed by atoms with E-state index in [1.807, 2.05) is 69.4 Å². The van der Waals surface area contributed by atoms with Crippen molar-refractivity contribution in [3.8, 4) is 11.6 Å². The van der Waals surface area contributed by atoms with Gasteiger partial charge in [-0.05, 0) is 80.5 Å². The summed E-state index contributed by atoms with van der Waals surface area (Å²) in [5, 5.41) is 7.12. The molecule has 41 heavy (non-hydrogen) atoms. The number of benzene rings is 1. The number of carbonyl (C=O) groups excluding carboxylic acids is 1. The molecule has 5 rings (SSSR count). The number of methoxy groups -OCH3 is 1. The lowest BCUT2D eigenvalue weighted by atomic mass is 9.95. The number of nitrogens with one attached hydrogen (secondary N) is 2. The van der Waals surface area contributed by atoms with Gasteiger partial charge in [0.2, 0.25) is 5.91 Å². The van der Waals surface area contributed by atoms with Crippen LogP contribution in [0.2, 0.25) is 0 Å². The Morgan fingerprint density at radius 1 is 1.02 bits per heavy atom. The van der Waals surface area contributed by atoms with Gasteiger partial charge in [-0.3, -0.25) is 9.78 Å². The first kappa shape index (κ1) is 28.3. The molecule has 1 aliphatic rings. The molecule has 4 heterocycles. The van der Waals surface area contributed by atoms with Crippen LogP contribution in [0.15, 0.2) is 67.0 Å². The van der Waals surface area contributed by atoms with Gasteiger partial charge in [-0.2, -0.15) is 0 Å². The van der Waals surface area contributed by atoms with Gasteiger partial charge >= 0.3 is 0 Å². The molecule has 0 aliphatic carbocycles. The van der Waals surface area contributed by atoms with Crippen LogP contribution in [-0.2, 0) is 4.79 Å². The highest BCUT2D eigenvalue weighted by atomic mass is 32.1. The fraction of sp³-hybridized carbons (Fsp3) is 0.312. The van der Waals surface area contributed by atoms with E-state index in [0.717, 1.165) is 39.7 Å². The van der Waals surface area contributed by atoms with Crippen LogP contribution in [-0.4, -0.2) is 32.7 Å². The zero-order chi connectivity index (χ0) is 29.5. The molecule has 212 valence electrons. The zero-order valence-electron chi connectivity index (χ0n) is 24.5. The summed E-state index contributed by atoms with van der Waals surface area (Å²) in [6.45, 7) is 11.9. The van der Waals surface area contributed by atoms with Crippen molar-refractivity contribution >= 4 is 34.6 Å². The monoisotopic (exact) mass is 568 g/mol. The molecule has 1 amide bonds. The minimum absolute atomic E-state index is 0.0905. The first-order valence-electron chi connectivity index (χ1n) is 13.6. The highest BCUT2D eigenvalue weighted by molar-refractivity contribution is 7.80. The Morgan fingerprint density at radius 3 is 2.44 bits per heavy atom. The first-order chi connectivity index (χ1) is 19.5. The van der Waals surface area contributed by atoms with Crippen molar-refractivity contribution < 1.29 is 9.53 Å². The third kappa shape index (κ3) is 5.29. The average Bonchev–Trinajstić information content (AvgIpc) is 3.44. The number of aryl methyl sites for hydroxylation is 2. The number of thiocarbonyl (C=S) groups is 1. The van der Waals surface area contributed by atoms with Gasteiger partial charge in [0.15, 0.2) is 5.11 Å². The van der Waals surface area contributed by atoms with Crippen LogP contribution in [0.1, 0.15) is 61.1 Å². The fourth-order valence-corrected chi connectivity index (χ4v) is 5.66. The SMILES string of the molecule is COc1cc(N2C(=S)N[C@H](c3ccccn3)[C@@H]2c2cc(C)n(-c3ncccc3C)c2C)ccc1NC(=O)C(C)(C)C. The number of rotatable bonds is 6. The highest BCUT2D eigenvalue weighted by Crippen LogP contribution is 2.45. The van der Waals surface area contributed by atoms with E-state index in [0.29, 0.717) is 16.5 Å². The second kappa shape index (κ2) is 11.0. The van der Waals surface area contributed by atoms with Gasteiger partial charge in [0.25, 0.3) is 0 Å². The van der Waals surface area contributed by atoms with E-state index in [9.17, 15) is 4.79 Å². The zero-order valence-corrected chi connectivity index (χ0v) is 25.3. The number of ether oxygens (including phenoxy) is 1. The lowest BCUT2D eigenvalue weighted by Gasteiger charge is -2.29. The molecular weight excluding hydrogens is 532 g/mol. The molecular formula is C32H36N6O2S. The van der Waals surface area contributed by atoms with Crippen LogP contribution in [0, 0.1) is 26.2 Å². The Morgan fingerprint density at radius 2 is 1.78 bits per heavy atom. The first-order valence-corrected chi connectivity index (χ1v) is 14.0. The Labute approximate surface area is 246 Å². The number of amides is 1. The molecule has 0 spiro atoms. The van der Waals surface area contributed by atoms with Gasteiger partial charge in [-0.1, -0.05) is 32.9 Å². The van der Waals surface area contributed by atoms with Crippen molar-refractivity contribution in [2.45, 2.75) is 53.6 Å². The summed E-state index contributed by atoms with van der Waals surface area (Å²) in [6.07, 6.45) is 3.62. The summed E-state index contributed by atoms with van der Waals surface area (Å²) in [4.78, 5) is 24.2. The summed E-state index contributed by atoms with van der Waals surface area (Å²) in [7, 11) is 1.60. The summed E-state index contributed by atoms with van der Waals surface area (Å²) in [5.74, 6) is 1.37. The molecule has 1 saturated heterocycles. The van der Waals surface area contributed by atoms with Crippen LogP contribution in [0.25, 0.3) is 5.82 Å². The van der Waals surface area contributed by atoms with Gasteiger partial charge in [-0.15, -0.1) is 0 Å². The van der Waals surface area contributed by atoms with E-state index in [2.05, 4.69) is 53.0 Å². The molecule has 8 nitrogen and oxygen atoms in total. The summed E-state index contributed by atoms with van der Waals surface area (Å²) in [5.41, 5.74) is 6.16. The lowest BCUT2D eigenvalue weighted by Crippen LogP contribution is -2.30. The van der Waals surface area contributed by atoms with E-state index >= 15 is 0 Å². The van der Waals surface area contributed by atoms with Crippen molar-refractivity contribution in [2.75, 3.05) is 17.3 Å². The van der Waals surface area contributed by atoms with Gasteiger partial charge < -0.3 is 24.8 Å². The van der Waals surface area contributed by atoms with Crippen molar-refractivity contribution in [1.29, 1.82) is 0 Å². The largest absolute Gasteiger partial charge is 0.494 e. The van der Waals surface area contributed by atoms with E-state index < -0.39 is 5.41 Å². The van der Waals surface area contributed by atoms with E-state index in [4.69, 9.17) is 26.9 Å². The second-order valence-corrected chi connectivity index (χ2v) is 11.8. The minimum Gasteiger partial charge on any atom is -0.494 e. The molecule has 0 saturated carbocycles. The summed E-state index contributed by atoms with van der Waals surface area (Å²) < 4.78 is 7.93. The summed E-state index contributed by atoms with van der Waals surface area (Å²) >= 11 is 5.96. The number of aromatic nitrogens is 3. The number of hydrogen-bond donors (Lipinski definition) is 2. The molecule has 3 aromatic heterocycles. The molecule has 1 aliphatic heterocycles. The highest BCUT2D eigenvalue weighted by Gasteiger charge is 2.42. The Bertz CT molecular complexity index is 1610. The number of carbonyl (C=O) groups is 1. The van der Waals surface area contributed by atoms with Crippen LogP contribution < -0.4 is 20.3 Å². The molecule has 0 radical (unpaired) electrons. The van der Waals surface area contributed by atoms with Crippen molar-refractivity contribution in [3.63, 3.8) is 0 Å². The second-order valence-electron chi connectivity index (χ2n) is 11.4. The van der Waals surface area contributed by atoms with Crippen LogP contribution in [0.5, 0.6) is 5.75 Å². The molecule has 1 fully saturated rings. The molecule has 9 heteroatoms. The van der Waals surface area contributed by atoms with Crippen molar-refractivity contribution in [3.05, 3.63) is 95.2 Å². The third-order valence-corrected chi connectivity index (χ3v) is 7.79. The van der Waals surface area contributed by atoms with E-state index in [1.54, 1.807) is 13.3 Å². The molecule has 1 aromatic carbocycles. The molecule has 2 atom stereocenters. The number of nitrogens with zero attached hydrogens (tertiary/aromatic N) is 4. The smallest absolute Gasteiger partial charge is 0.229 e.